The van der Waals surface area contributed by atoms with Gasteiger partial charge in [0, 0.05) is 19.6 Å². The molecule has 0 spiro atoms. The standard InChI is InChI=1S/C13H24N2O2/c1-5-6-9-15(4)12(17)13(2,3)11(16)14-10-7-8-10/h10H,5-9H2,1-4H3,(H,14,16). The van der Waals surface area contributed by atoms with Crippen LogP contribution in [0.15, 0.2) is 0 Å². The van der Waals surface area contributed by atoms with Gasteiger partial charge in [-0.1, -0.05) is 13.3 Å². The van der Waals surface area contributed by atoms with Crippen molar-refractivity contribution in [3.8, 4) is 0 Å². The zero-order valence-corrected chi connectivity index (χ0v) is 11.4. The molecule has 17 heavy (non-hydrogen) atoms. The van der Waals surface area contributed by atoms with Crippen LogP contribution in [0.3, 0.4) is 0 Å². The number of rotatable bonds is 6. The summed E-state index contributed by atoms with van der Waals surface area (Å²) in [4.78, 5) is 25.8. The van der Waals surface area contributed by atoms with Crippen molar-refractivity contribution in [1.82, 2.24) is 10.2 Å². The normalized spacial score (nSPS) is 15.5. The Bertz CT molecular complexity index is 296. The zero-order valence-electron chi connectivity index (χ0n) is 11.4. The second-order valence-corrected chi connectivity index (χ2v) is 5.45. The lowest BCUT2D eigenvalue weighted by atomic mass is 9.90. The van der Waals surface area contributed by atoms with Gasteiger partial charge in [0.2, 0.25) is 11.8 Å². The molecule has 4 heteroatoms. The lowest BCUT2D eigenvalue weighted by molar-refractivity contribution is -0.147. The van der Waals surface area contributed by atoms with Crippen molar-refractivity contribution in [3.63, 3.8) is 0 Å². The van der Waals surface area contributed by atoms with Crippen molar-refractivity contribution in [1.29, 1.82) is 0 Å². The van der Waals surface area contributed by atoms with Gasteiger partial charge in [-0.2, -0.15) is 0 Å². The second kappa shape index (κ2) is 5.52. The summed E-state index contributed by atoms with van der Waals surface area (Å²) in [6.07, 6.45) is 4.11. The summed E-state index contributed by atoms with van der Waals surface area (Å²) in [6, 6.07) is 0.301. The third kappa shape index (κ3) is 3.72. The molecule has 1 saturated carbocycles. The Hall–Kier alpha value is -1.06. The molecule has 98 valence electrons. The molecule has 1 aliphatic carbocycles. The first-order valence-electron chi connectivity index (χ1n) is 6.46. The SMILES string of the molecule is CCCCN(C)C(=O)C(C)(C)C(=O)NC1CC1. The Balaban J connectivity index is 2.53. The second-order valence-electron chi connectivity index (χ2n) is 5.45. The molecular formula is C13H24N2O2. The predicted molar refractivity (Wildman–Crippen MR) is 67.5 cm³/mol. The van der Waals surface area contributed by atoms with Crippen LogP contribution in [0, 0.1) is 5.41 Å². The van der Waals surface area contributed by atoms with Crippen LogP contribution >= 0.6 is 0 Å². The van der Waals surface area contributed by atoms with E-state index < -0.39 is 5.41 Å². The fraction of sp³-hybridized carbons (Fsp3) is 0.846. The molecule has 0 aromatic carbocycles. The van der Waals surface area contributed by atoms with Gasteiger partial charge in [-0.15, -0.1) is 0 Å². The highest BCUT2D eigenvalue weighted by molar-refractivity contribution is 6.04. The van der Waals surface area contributed by atoms with Crippen molar-refractivity contribution in [2.75, 3.05) is 13.6 Å². The van der Waals surface area contributed by atoms with E-state index in [4.69, 9.17) is 0 Å². The van der Waals surface area contributed by atoms with Crippen LogP contribution in [0.5, 0.6) is 0 Å². The molecule has 0 atom stereocenters. The van der Waals surface area contributed by atoms with Gasteiger partial charge in [0.1, 0.15) is 5.41 Å². The number of hydrogen-bond acceptors (Lipinski definition) is 2. The molecule has 1 N–H and O–H groups in total. The zero-order chi connectivity index (χ0) is 13.1. The van der Waals surface area contributed by atoms with E-state index in [-0.39, 0.29) is 11.8 Å². The van der Waals surface area contributed by atoms with E-state index in [9.17, 15) is 9.59 Å². The molecule has 0 aromatic rings. The molecule has 4 nitrogen and oxygen atoms in total. The average Bonchev–Trinajstić information content (AvgIpc) is 3.08. The van der Waals surface area contributed by atoms with E-state index in [1.807, 2.05) is 0 Å². The maximum Gasteiger partial charge on any atom is 0.237 e. The van der Waals surface area contributed by atoms with Gasteiger partial charge in [-0.05, 0) is 33.1 Å². The van der Waals surface area contributed by atoms with Crippen LogP contribution in [-0.2, 0) is 9.59 Å². The minimum atomic E-state index is -0.953. The summed E-state index contributed by atoms with van der Waals surface area (Å²) in [5.74, 6) is -0.238. The topological polar surface area (TPSA) is 49.4 Å². The van der Waals surface area contributed by atoms with E-state index >= 15 is 0 Å². The lowest BCUT2D eigenvalue weighted by Crippen LogP contribution is -2.49. The fourth-order valence-corrected chi connectivity index (χ4v) is 1.66. The minimum absolute atomic E-state index is 0.0934. The first-order chi connectivity index (χ1) is 7.89. The Labute approximate surface area is 104 Å². The van der Waals surface area contributed by atoms with Gasteiger partial charge < -0.3 is 10.2 Å². The first-order valence-corrected chi connectivity index (χ1v) is 6.46. The van der Waals surface area contributed by atoms with Gasteiger partial charge in [0.15, 0.2) is 0 Å². The smallest absolute Gasteiger partial charge is 0.237 e. The Morgan fingerprint density at radius 2 is 1.94 bits per heavy atom. The summed E-state index contributed by atoms with van der Waals surface area (Å²) < 4.78 is 0. The lowest BCUT2D eigenvalue weighted by Gasteiger charge is -2.28. The van der Waals surface area contributed by atoms with Gasteiger partial charge in [-0.3, -0.25) is 9.59 Å². The molecular weight excluding hydrogens is 216 g/mol. The number of unbranched alkanes of at least 4 members (excludes halogenated alkanes) is 1. The molecule has 1 aliphatic rings. The maximum atomic E-state index is 12.2. The van der Waals surface area contributed by atoms with Crippen LogP contribution in [-0.4, -0.2) is 36.3 Å². The van der Waals surface area contributed by atoms with Gasteiger partial charge >= 0.3 is 0 Å². The van der Waals surface area contributed by atoms with E-state index in [2.05, 4.69) is 12.2 Å². The number of hydrogen-bond donors (Lipinski definition) is 1. The van der Waals surface area contributed by atoms with Crippen molar-refractivity contribution < 1.29 is 9.59 Å². The average molecular weight is 240 g/mol. The Kier molecular flexibility index (Phi) is 4.54. The van der Waals surface area contributed by atoms with Crippen molar-refractivity contribution >= 4 is 11.8 Å². The summed E-state index contributed by atoms with van der Waals surface area (Å²) in [5, 5.41) is 2.90. The van der Waals surface area contributed by atoms with E-state index in [0.717, 1.165) is 32.2 Å². The maximum absolute atomic E-state index is 12.2. The third-order valence-corrected chi connectivity index (χ3v) is 3.21. The largest absolute Gasteiger partial charge is 0.352 e. The molecule has 0 aliphatic heterocycles. The quantitative estimate of drug-likeness (QED) is 0.716. The number of carbonyl (C=O) groups is 2. The van der Waals surface area contributed by atoms with Crippen molar-refractivity contribution in [2.24, 2.45) is 5.41 Å². The molecule has 0 bridgehead atoms. The Morgan fingerprint density at radius 1 is 1.35 bits per heavy atom. The van der Waals surface area contributed by atoms with Crippen LogP contribution < -0.4 is 5.32 Å². The minimum Gasteiger partial charge on any atom is -0.352 e. The van der Waals surface area contributed by atoms with Crippen molar-refractivity contribution in [3.05, 3.63) is 0 Å². The van der Waals surface area contributed by atoms with Crippen LogP contribution in [0.4, 0.5) is 0 Å². The molecule has 0 unspecified atom stereocenters. The molecule has 0 saturated heterocycles. The number of nitrogens with one attached hydrogen (secondary N) is 1. The highest BCUT2D eigenvalue weighted by atomic mass is 16.2. The summed E-state index contributed by atoms with van der Waals surface area (Å²) in [7, 11) is 1.77. The molecule has 1 fully saturated rings. The fourth-order valence-electron chi connectivity index (χ4n) is 1.66. The summed E-state index contributed by atoms with van der Waals surface area (Å²) in [6.45, 7) is 6.21. The predicted octanol–water partition coefficient (Wildman–Crippen LogP) is 1.55. The number of carbonyl (C=O) groups excluding carboxylic acids is 2. The molecule has 0 radical (unpaired) electrons. The van der Waals surface area contributed by atoms with Gasteiger partial charge in [-0.25, -0.2) is 0 Å². The van der Waals surface area contributed by atoms with E-state index in [1.165, 1.54) is 0 Å². The summed E-state index contributed by atoms with van der Waals surface area (Å²) in [5.41, 5.74) is -0.953. The van der Waals surface area contributed by atoms with Gasteiger partial charge in [0.05, 0.1) is 0 Å². The van der Waals surface area contributed by atoms with E-state index in [1.54, 1.807) is 25.8 Å². The number of amides is 2. The van der Waals surface area contributed by atoms with E-state index in [0.29, 0.717) is 6.04 Å². The first kappa shape index (κ1) is 14.0. The Morgan fingerprint density at radius 3 is 2.41 bits per heavy atom. The monoisotopic (exact) mass is 240 g/mol. The van der Waals surface area contributed by atoms with Crippen LogP contribution in [0.1, 0.15) is 46.5 Å². The molecule has 0 heterocycles. The van der Waals surface area contributed by atoms with Crippen LogP contribution in [0.25, 0.3) is 0 Å². The highest BCUT2D eigenvalue weighted by Crippen LogP contribution is 2.24. The highest BCUT2D eigenvalue weighted by Gasteiger charge is 2.40. The summed E-state index contributed by atoms with van der Waals surface area (Å²) >= 11 is 0. The third-order valence-electron chi connectivity index (χ3n) is 3.21. The molecule has 1 rings (SSSR count). The van der Waals surface area contributed by atoms with Crippen LogP contribution in [0.2, 0.25) is 0 Å². The number of nitrogens with zero attached hydrogens (tertiary/aromatic N) is 1. The molecule has 0 aromatic heterocycles. The van der Waals surface area contributed by atoms with Crippen molar-refractivity contribution in [2.45, 2.75) is 52.5 Å². The molecule has 2 amide bonds. The van der Waals surface area contributed by atoms with Gasteiger partial charge in [0.25, 0.3) is 0 Å².